The van der Waals surface area contributed by atoms with Crippen LogP contribution in [0.15, 0.2) is 35.7 Å². The third-order valence-corrected chi connectivity index (χ3v) is 6.27. The number of anilines is 1. The summed E-state index contributed by atoms with van der Waals surface area (Å²) in [7, 11) is 0. The summed E-state index contributed by atoms with van der Waals surface area (Å²) in [4.78, 5) is 32.6. The van der Waals surface area contributed by atoms with E-state index in [1.165, 1.54) is 4.88 Å². The number of piperazine rings is 1. The fourth-order valence-corrected chi connectivity index (χ4v) is 4.63. The van der Waals surface area contributed by atoms with Crippen molar-refractivity contribution in [3.63, 3.8) is 0 Å². The summed E-state index contributed by atoms with van der Waals surface area (Å²) < 4.78 is 0. The Kier molecular flexibility index (Phi) is 5.48. The average molecular weight is 404 g/mol. The van der Waals surface area contributed by atoms with Crippen LogP contribution in [0.4, 0.5) is 5.69 Å². The second-order valence-corrected chi connectivity index (χ2v) is 8.43. The minimum Gasteiger partial charge on any atom is -0.336 e. The van der Waals surface area contributed by atoms with Gasteiger partial charge < -0.3 is 9.80 Å². The summed E-state index contributed by atoms with van der Waals surface area (Å²) in [6, 6.07) is 9.44. The van der Waals surface area contributed by atoms with E-state index in [4.69, 9.17) is 11.6 Å². The van der Waals surface area contributed by atoms with E-state index in [-0.39, 0.29) is 11.8 Å². The highest BCUT2D eigenvalue weighted by atomic mass is 35.5. The summed E-state index contributed by atoms with van der Waals surface area (Å²) in [6.07, 6.45) is 1.35. The number of carbonyl (C=O) groups excluding carboxylic acids is 2. The third-order valence-electron chi connectivity index (χ3n) is 5.17. The molecule has 0 unspecified atom stereocenters. The van der Waals surface area contributed by atoms with Crippen LogP contribution in [-0.2, 0) is 11.3 Å². The highest BCUT2D eigenvalue weighted by Crippen LogP contribution is 2.30. The molecule has 1 aromatic carbocycles. The summed E-state index contributed by atoms with van der Waals surface area (Å²) in [5.74, 6) is 0.0456. The van der Waals surface area contributed by atoms with Crippen LogP contribution in [0.3, 0.4) is 0 Å². The van der Waals surface area contributed by atoms with E-state index in [9.17, 15) is 9.59 Å². The monoisotopic (exact) mass is 403 g/mol. The highest BCUT2D eigenvalue weighted by Gasteiger charge is 2.29. The normalized spacial score (nSPS) is 18.3. The van der Waals surface area contributed by atoms with Crippen molar-refractivity contribution in [1.29, 1.82) is 0 Å². The number of benzene rings is 1. The molecule has 0 aliphatic carbocycles. The van der Waals surface area contributed by atoms with Crippen LogP contribution in [-0.4, -0.2) is 54.3 Å². The fourth-order valence-electron chi connectivity index (χ4n) is 3.71. The van der Waals surface area contributed by atoms with Crippen molar-refractivity contribution in [3.8, 4) is 0 Å². The van der Waals surface area contributed by atoms with E-state index in [1.807, 2.05) is 4.90 Å². The van der Waals surface area contributed by atoms with Gasteiger partial charge in [0.05, 0.1) is 11.3 Å². The van der Waals surface area contributed by atoms with Crippen LogP contribution in [0.25, 0.3) is 0 Å². The third kappa shape index (κ3) is 4.03. The molecule has 7 heteroatoms. The van der Waals surface area contributed by atoms with Gasteiger partial charge in [0.15, 0.2) is 0 Å². The summed E-state index contributed by atoms with van der Waals surface area (Å²) in [6.45, 7) is 4.69. The van der Waals surface area contributed by atoms with Gasteiger partial charge in [0.1, 0.15) is 0 Å². The molecule has 5 nitrogen and oxygen atoms in total. The van der Waals surface area contributed by atoms with Crippen LogP contribution < -0.4 is 4.90 Å². The Bertz CT molecular complexity index is 832. The lowest BCUT2D eigenvalue weighted by atomic mass is 10.1. The minimum atomic E-state index is -0.0165. The molecule has 2 fully saturated rings. The molecule has 0 atom stereocenters. The maximum atomic E-state index is 13.1. The molecule has 142 valence electrons. The SMILES string of the molecule is O=C(c1ccc(Cl)cc1N1CCCC1=O)N1CCN(Cc2cccs2)CC1. The van der Waals surface area contributed by atoms with Crippen LogP contribution in [0, 0.1) is 0 Å². The molecule has 0 saturated carbocycles. The maximum Gasteiger partial charge on any atom is 0.256 e. The van der Waals surface area contributed by atoms with Gasteiger partial charge in [-0.3, -0.25) is 14.5 Å². The second-order valence-electron chi connectivity index (χ2n) is 6.96. The van der Waals surface area contributed by atoms with Gasteiger partial charge in [-0.2, -0.15) is 0 Å². The van der Waals surface area contributed by atoms with Crippen molar-refractivity contribution in [1.82, 2.24) is 9.80 Å². The molecular formula is C20H22ClN3O2S. The van der Waals surface area contributed by atoms with Gasteiger partial charge in [-0.15, -0.1) is 11.3 Å². The van der Waals surface area contributed by atoms with Gasteiger partial charge in [-0.1, -0.05) is 17.7 Å². The zero-order chi connectivity index (χ0) is 18.8. The molecule has 3 heterocycles. The number of nitrogens with zero attached hydrogens (tertiary/aromatic N) is 3. The predicted octanol–water partition coefficient (Wildman–Crippen LogP) is 3.49. The molecule has 0 radical (unpaired) electrons. The van der Waals surface area contributed by atoms with Crippen molar-refractivity contribution in [2.24, 2.45) is 0 Å². The zero-order valence-corrected chi connectivity index (χ0v) is 16.6. The number of thiophene rings is 1. The number of halogens is 1. The van der Waals surface area contributed by atoms with Crippen LogP contribution in [0.5, 0.6) is 0 Å². The van der Waals surface area contributed by atoms with Gasteiger partial charge >= 0.3 is 0 Å². The van der Waals surface area contributed by atoms with Crippen molar-refractivity contribution < 1.29 is 9.59 Å². The molecule has 1 aromatic heterocycles. The number of hydrogen-bond donors (Lipinski definition) is 0. The van der Waals surface area contributed by atoms with Crippen LogP contribution in [0.1, 0.15) is 28.1 Å². The molecule has 2 aromatic rings. The van der Waals surface area contributed by atoms with E-state index in [2.05, 4.69) is 22.4 Å². The number of carbonyl (C=O) groups is 2. The molecule has 2 aliphatic rings. The number of rotatable bonds is 4. The van der Waals surface area contributed by atoms with Crippen molar-refractivity contribution >= 4 is 40.4 Å². The highest BCUT2D eigenvalue weighted by molar-refractivity contribution is 7.09. The number of amides is 2. The second kappa shape index (κ2) is 8.00. The standard InChI is InChI=1S/C20H22ClN3O2S/c21-15-5-6-17(18(13-15)24-7-1-4-19(24)25)20(26)23-10-8-22(9-11-23)14-16-3-2-12-27-16/h2-3,5-6,12-13H,1,4,7-11,14H2. The molecule has 4 rings (SSSR count). The lowest BCUT2D eigenvalue weighted by Gasteiger charge is -2.35. The smallest absolute Gasteiger partial charge is 0.256 e. The van der Waals surface area contributed by atoms with Crippen LogP contribution in [0.2, 0.25) is 5.02 Å². The van der Waals surface area contributed by atoms with E-state index >= 15 is 0 Å². The van der Waals surface area contributed by atoms with Gasteiger partial charge in [0, 0.05) is 55.6 Å². The predicted molar refractivity (Wildman–Crippen MR) is 109 cm³/mol. The molecule has 0 bridgehead atoms. The Balaban J connectivity index is 1.46. The first kappa shape index (κ1) is 18.5. The molecule has 2 aliphatic heterocycles. The maximum absolute atomic E-state index is 13.1. The Morgan fingerprint density at radius 3 is 2.59 bits per heavy atom. The first-order valence-corrected chi connectivity index (χ1v) is 10.5. The summed E-state index contributed by atoms with van der Waals surface area (Å²) >= 11 is 7.92. The lowest BCUT2D eigenvalue weighted by Crippen LogP contribution is -2.48. The fraction of sp³-hybridized carbons (Fsp3) is 0.400. The quantitative estimate of drug-likeness (QED) is 0.784. The molecular weight excluding hydrogens is 382 g/mol. The van der Waals surface area contributed by atoms with E-state index in [0.29, 0.717) is 42.3 Å². The molecule has 27 heavy (non-hydrogen) atoms. The molecule has 2 amide bonds. The van der Waals surface area contributed by atoms with E-state index in [1.54, 1.807) is 34.4 Å². The van der Waals surface area contributed by atoms with E-state index < -0.39 is 0 Å². The lowest BCUT2D eigenvalue weighted by molar-refractivity contribution is -0.117. The average Bonchev–Trinajstić information content (AvgIpc) is 3.33. The van der Waals surface area contributed by atoms with Gasteiger partial charge in [-0.25, -0.2) is 0 Å². The molecule has 2 saturated heterocycles. The number of hydrogen-bond acceptors (Lipinski definition) is 4. The minimum absolute atomic E-state index is 0.0165. The van der Waals surface area contributed by atoms with Crippen LogP contribution >= 0.6 is 22.9 Å². The van der Waals surface area contributed by atoms with Gasteiger partial charge in [-0.05, 0) is 36.1 Å². The summed E-state index contributed by atoms with van der Waals surface area (Å²) in [5.41, 5.74) is 1.22. The van der Waals surface area contributed by atoms with E-state index in [0.717, 1.165) is 26.1 Å². The topological polar surface area (TPSA) is 43.9 Å². The van der Waals surface area contributed by atoms with Crippen molar-refractivity contribution in [2.75, 3.05) is 37.6 Å². The zero-order valence-electron chi connectivity index (χ0n) is 15.1. The molecule has 0 N–H and O–H groups in total. The Labute approximate surface area is 168 Å². The summed E-state index contributed by atoms with van der Waals surface area (Å²) in [5, 5.41) is 2.64. The van der Waals surface area contributed by atoms with Crippen molar-refractivity contribution in [3.05, 3.63) is 51.2 Å². The largest absolute Gasteiger partial charge is 0.336 e. The Hall–Kier alpha value is -1.89. The van der Waals surface area contributed by atoms with Gasteiger partial charge in [0.25, 0.3) is 5.91 Å². The Morgan fingerprint density at radius 2 is 1.93 bits per heavy atom. The Morgan fingerprint density at radius 1 is 1.11 bits per heavy atom. The molecule has 0 spiro atoms. The first-order chi connectivity index (χ1) is 13.1. The van der Waals surface area contributed by atoms with Crippen molar-refractivity contribution in [2.45, 2.75) is 19.4 Å². The first-order valence-electron chi connectivity index (χ1n) is 9.26. The van der Waals surface area contributed by atoms with Gasteiger partial charge in [0.2, 0.25) is 5.91 Å².